The lowest BCUT2D eigenvalue weighted by Crippen LogP contribution is -2.58. The quantitative estimate of drug-likeness (QED) is 0.492. The van der Waals surface area contributed by atoms with Gasteiger partial charge in [0.15, 0.2) is 5.60 Å². The molecule has 1 aromatic heterocycles. The minimum atomic E-state index is -1.73. The average Bonchev–Trinajstić information content (AvgIpc) is 3.20. The predicted molar refractivity (Wildman–Crippen MR) is 121 cm³/mol. The lowest BCUT2D eigenvalue weighted by Gasteiger charge is -2.42. The van der Waals surface area contributed by atoms with E-state index >= 15 is 0 Å². The fourth-order valence-corrected chi connectivity index (χ4v) is 5.66. The molecular weight excluding hydrogens is 420 g/mol. The first-order valence-corrected chi connectivity index (χ1v) is 11.8. The predicted octanol–water partition coefficient (Wildman–Crippen LogP) is 2.58. The summed E-state index contributed by atoms with van der Waals surface area (Å²) in [5.74, 6) is -1.42. The Morgan fingerprint density at radius 2 is 1.82 bits per heavy atom. The number of benzene rings is 1. The Bertz CT molecular complexity index is 967. The summed E-state index contributed by atoms with van der Waals surface area (Å²) in [6.07, 6.45) is 6.81. The Hall–Kier alpha value is -2.84. The number of carbonyl (C=O) groups excluding carboxylic acids is 2. The summed E-state index contributed by atoms with van der Waals surface area (Å²) in [6.45, 7) is 0.593. The molecule has 8 heteroatoms. The second-order valence-electron chi connectivity index (χ2n) is 9.49. The number of carbonyl (C=O) groups is 2. The fraction of sp³-hybridized carbons (Fsp3) is 0.520. The van der Waals surface area contributed by atoms with Crippen LogP contribution in [0.1, 0.15) is 62.2 Å². The molecule has 33 heavy (non-hydrogen) atoms. The number of esters is 1. The third kappa shape index (κ3) is 4.37. The topological polar surface area (TPSA) is 115 Å². The van der Waals surface area contributed by atoms with Gasteiger partial charge in [-0.15, -0.1) is 5.10 Å². The monoisotopic (exact) mass is 453 g/mol. The first kappa shape index (κ1) is 23.3. The van der Waals surface area contributed by atoms with Crippen LogP contribution in [0.4, 0.5) is 0 Å². The first-order chi connectivity index (χ1) is 15.9. The Morgan fingerprint density at radius 1 is 1.09 bits per heavy atom. The number of rotatable bonds is 7. The molecule has 3 N–H and O–H groups in total. The molecule has 4 atom stereocenters. The number of aromatic nitrogens is 2. The second kappa shape index (κ2) is 9.57. The third-order valence-corrected chi connectivity index (χ3v) is 7.45. The largest absolute Gasteiger partial charge is 0.410 e. The molecule has 1 saturated heterocycles. The molecule has 4 rings (SSSR count). The Morgan fingerprint density at radius 3 is 2.45 bits per heavy atom. The average molecular weight is 454 g/mol. The molecule has 2 aromatic rings. The van der Waals surface area contributed by atoms with Crippen LogP contribution in [0.25, 0.3) is 0 Å². The van der Waals surface area contributed by atoms with Gasteiger partial charge < -0.3 is 15.6 Å². The molecule has 176 valence electrons. The van der Waals surface area contributed by atoms with Crippen molar-refractivity contribution >= 4 is 11.9 Å². The van der Waals surface area contributed by atoms with Crippen molar-refractivity contribution in [1.82, 2.24) is 10.2 Å². The molecule has 1 saturated carbocycles. The molecule has 4 unspecified atom stereocenters. The molecule has 1 amide bonds. The van der Waals surface area contributed by atoms with Crippen molar-refractivity contribution in [2.75, 3.05) is 13.6 Å². The van der Waals surface area contributed by atoms with E-state index in [0.29, 0.717) is 24.2 Å². The van der Waals surface area contributed by atoms with Crippen molar-refractivity contribution in [3.05, 3.63) is 59.9 Å². The van der Waals surface area contributed by atoms with Crippen molar-refractivity contribution < 1.29 is 23.9 Å². The number of aliphatic hydroxyl groups is 1. The summed E-state index contributed by atoms with van der Waals surface area (Å²) in [5.41, 5.74) is 5.07. The van der Waals surface area contributed by atoms with E-state index in [9.17, 15) is 14.7 Å². The number of ether oxygens (including phenoxy) is 1. The summed E-state index contributed by atoms with van der Waals surface area (Å²) in [5, 5.41) is 19.9. The molecule has 2 heterocycles. The lowest BCUT2D eigenvalue weighted by molar-refractivity contribution is -0.959. The maximum atomic E-state index is 13.7. The molecule has 2 aliphatic rings. The maximum absolute atomic E-state index is 13.7. The number of nitrogens with zero attached hydrogens (tertiary/aromatic N) is 3. The van der Waals surface area contributed by atoms with Gasteiger partial charge in [0.25, 0.3) is 5.91 Å². The van der Waals surface area contributed by atoms with Gasteiger partial charge in [-0.3, -0.25) is 9.28 Å². The van der Waals surface area contributed by atoms with E-state index in [4.69, 9.17) is 10.5 Å². The molecule has 1 aliphatic carbocycles. The summed E-state index contributed by atoms with van der Waals surface area (Å²) in [6, 6.07) is 11.7. The van der Waals surface area contributed by atoms with E-state index in [1.807, 2.05) is 25.2 Å². The van der Waals surface area contributed by atoms with Crippen molar-refractivity contribution in [2.24, 2.45) is 11.7 Å². The zero-order valence-electron chi connectivity index (χ0n) is 19.1. The van der Waals surface area contributed by atoms with Crippen LogP contribution in [0, 0.1) is 5.92 Å². The number of likely N-dealkylation sites (tertiary alicyclic amines) is 1. The van der Waals surface area contributed by atoms with Crippen LogP contribution in [-0.2, 0) is 19.9 Å². The number of quaternary nitrogens is 1. The van der Waals surface area contributed by atoms with Crippen LogP contribution in [-0.4, -0.2) is 51.5 Å². The van der Waals surface area contributed by atoms with Gasteiger partial charge in [-0.2, -0.15) is 5.10 Å². The van der Waals surface area contributed by atoms with Crippen molar-refractivity contribution in [1.29, 1.82) is 0 Å². The summed E-state index contributed by atoms with van der Waals surface area (Å²) in [7, 11) is 1.86. The van der Waals surface area contributed by atoms with Gasteiger partial charge in [-0.1, -0.05) is 49.6 Å². The third-order valence-electron chi connectivity index (χ3n) is 7.45. The minimum absolute atomic E-state index is 0.0926. The van der Waals surface area contributed by atoms with Gasteiger partial charge in [0.05, 0.1) is 13.6 Å². The molecule has 1 aromatic carbocycles. The van der Waals surface area contributed by atoms with E-state index in [0.717, 1.165) is 38.5 Å². The van der Waals surface area contributed by atoms with Gasteiger partial charge in [-0.25, -0.2) is 4.79 Å². The standard InChI is InChI=1S/C25H32N4O4/c1-29(22(23(26)30)20-14-8-16-27-28-20)17-9-15-21(29)33-24(31)25(32,18-10-4-2-5-11-18)19-12-6-3-7-13-19/h2,4-5,8,10-11,14,16,19,21-22,32H,3,6-7,9,12-13,15,17H2,1H3,(H-,26,30)/p+1. The highest BCUT2D eigenvalue weighted by Crippen LogP contribution is 2.43. The Labute approximate surface area is 194 Å². The van der Waals surface area contributed by atoms with E-state index in [1.165, 1.54) is 6.20 Å². The molecule has 2 fully saturated rings. The van der Waals surface area contributed by atoms with Crippen molar-refractivity contribution in [2.45, 2.75) is 62.8 Å². The number of primary amides is 1. The molecule has 0 bridgehead atoms. The highest BCUT2D eigenvalue weighted by atomic mass is 16.6. The minimum Gasteiger partial charge on any atom is -0.410 e. The van der Waals surface area contributed by atoms with Crippen LogP contribution in [0.3, 0.4) is 0 Å². The zero-order chi connectivity index (χ0) is 23.5. The number of hydrogen-bond donors (Lipinski definition) is 2. The number of amides is 1. The van der Waals surface area contributed by atoms with Gasteiger partial charge in [0.2, 0.25) is 12.3 Å². The van der Waals surface area contributed by atoms with Crippen molar-refractivity contribution in [3.8, 4) is 0 Å². The summed E-state index contributed by atoms with van der Waals surface area (Å²) >= 11 is 0. The molecule has 8 nitrogen and oxygen atoms in total. The van der Waals surface area contributed by atoms with E-state index in [1.54, 1.807) is 24.3 Å². The van der Waals surface area contributed by atoms with Crippen LogP contribution >= 0.6 is 0 Å². The number of nitrogens with two attached hydrogens (primary N) is 1. The number of likely N-dealkylation sites (N-methyl/N-ethyl adjacent to an activating group) is 1. The SMILES string of the molecule is C[N+]1(C(C(N)=O)c2cccnn2)CCCC1OC(=O)C(O)(c1ccccc1)C1CCCCC1. The summed E-state index contributed by atoms with van der Waals surface area (Å²) in [4.78, 5) is 26.2. The normalized spacial score (nSPS) is 26.3. The Kier molecular flexibility index (Phi) is 6.76. The highest BCUT2D eigenvalue weighted by Gasteiger charge is 2.54. The summed E-state index contributed by atoms with van der Waals surface area (Å²) < 4.78 is 6.17. The van der Waals surface area contributed by atoms with Crippen LogP contribution in [0.2, 0.25) is 0 Å². The highest BCUT2D eigenvalue weighted by molar-refractivity contribution is 5.82. The van der Waals surface area contributed by atoms with E-state index in [2.05, 4.69) is 10.2 Å². The zero-order valence-corrected chi connectivity index (χ0v) is 19.1. The van der Waals surface area contributed by atoms with Gasteiger partial charge >= 0.3 is 5.97 Å². The van der Waals surface area contributed by atoms with Gasteiger partial charge in [0, 0.05) is 25.0 Å². The molecular formula is C25H33N4O4+. The van der Waals surface area contributed by atoms with Gasteiger partial charge in [0.1, 0.15) is 5.69 Å². The van der Waals surface area contributed by atoms with Crippen LogP contribution in [0.5, 0.6) is 0 Å². The maximum Gasteiger partial charge on any atom is 0.347 e. The number of hydrogen-bond acceptors (Lipinski definition) is 6. The van der Waals surface area contributed by atoms with Crippen LogP contribution in [0.15, 0.2) is 48.7 Å². The Balaban J connectivity index is 1.65. The second-order valence-corrected chi connectivity index (χ2v) is 9.49. The molecule has 0 spiro atoms. The van der Waals surface area contributed by atoms with E-state index < -0.39 is 29.7 Å². The lowest BCUT2D eigenvalue weighted by atomic mass is 9.73. The van der Waals surface area contributed by atoms with Crippen molar-refractivity contribution in [3.63, 3.8) is 0 Å². The van der Waals surface area contributed by atoms with Gasteiger partial charge in [-0.05, 0) is 30.5 Å². The van der Waals surface area contributed by atoms with Crippen LogP contribution < -0.4 is 5.73 Å². The fourth-order valence-electron chi connectivity index (χ4n) is 5.66. The van der Waals surface area contributed by atoms with E-state index in [-0.39, 0.29) is 10.4 Å². The first-order valence-electron chi connectivity index (χ1n) is 11.8. The molecule has 0 radical (unpaired) electrons. The smallest absolute Gasteiger partial charge is 0.347 e. The molecule has 1 aliphatic heterocycles.